The average Bonchev–Trinajstić information content (AvgIpc) is 2.48. The molecule has 2 rings (SSSR count). The molecule has 0 saturated heterocycles. The molecule has 3 N–H and O–H groups in total. The van der Waals surface area contributed by atoms with Crippen LogP contribution in [0.4, 0.5) is 0 Å². The number of nitrogens with one attached hydrogen (secondary N) is 1. The van der Waals surface area contributed by atoms with Crippen LogP contribution in [0.5, 0.6) is 5.75 Å². The number of hydrogen-bond acceptors (Lipinski definition) is 3. The molecule has 1 amide bonds. The summed E-state index contributed by atoms with van der Waals surface area (Å²) in [6.07, 6.45) is -0.620. The number of rotatable bonds is 4. The zero-order valence-electron chi connectivity index (χ0n) is 11.6. The fourth-order valence-corrected chi connectivity index (χ4v) is 1.85. The first-order valence-corrected chi connectivity index (χ1v) is 6.44. The van der Waals surface area contributed by atoms with Crippen LogP contribution < -0.4 is 16.0 Å². The minimum Gasteiger partial charge on any atom is -0.481 e. The molecule has 0 bridgehead atoms. The molecule has 2 aromatic rings. The molecule has 0 spiro atoms. The van der Waals surface area contributed by atoms with Gasteiger partial charge in [-0.25, -0.2) is 5.84 Å². The molecule has 1 unspecified atom stereocenters. The Hall–Kier alpha value is -2.33. The molecule has 20 heavy (non-hydrogen) atoms. The monoisotopic (exact) mass is 270 g/mol. The number of benzene rings is 2. The van der Waals surface area contributed by atoms with E-state index >= 15 is 0 Å². The molecule has 0 aromatic heterocycles. The van der Waals surface area contributed by atoms with Crippen LogP contribution in [0, 0.1) is 6.92 Å². The van der Waals surface area contributed by atoms with E-state index in [-0.39, 0.29) is 5.91 Å². The summed E-state index contributed by atoms with van der Waals surface area (Å²) in [7, 11) is 0. The fourth-order valence-electron chi connectivity index (χ4n) is 1.85. The van der Waals surface area contributed by atoms with Gasteiger partial charge >= 0.3 is 0 Å². The summed E-state index contributed by atoms with van der Waals surface area (Å²) >= 11 is 0. The summed E-state index contributed by atoms with van der Waals surface area (Å²) in [6, 6.07) is 15.9. The Morgan fingerprint density at radius 2 is 1.55 bits per heavy atom. The van der Waals surface area contributed by atoms with Gasteiger partial charge in [-0.2, -0.15) is 0 Å². The van der Waals surface area contributed by atoms with Gasteiger partial charge in [0.15, 0.2) is 6.10 Å². The summed E-state index contributed by atoms with van der Waals surface area (Å²) in [4.78, 5) is 11.3. The van der Waals surface area contributed by atoms with Crippen LogP contribution >= 0.6 is 0 Å². The van der Waals surface area contributed by atoms with Gasteiger partial charge in [-0.05, 0) is 37.1 Å². The van der Waals surface area contributed by atoms with E-state index < -0.39 is 6.10 Å². The third-order valence-electron chi connectivity index (χ3n) is 3.06. The molecule has 1 atom stereocenters. The second-order valence-electron chi connectivity index (χ2n) is 4.66. The van der Waals surface area contributed by atoms with Crippen molar-refractivity contribution < 1.29 is 9.53 Å². The number of hydrazine groups is 1. The molecule has 0 aliphatic rings. The fraction of sp³-hybridized carbons (Fsp3) is 0.188. The van der Waals surface area contributed by atoms with Crippen LogP contribution in [-0.2, 0) is 4.79 Å². The van der Waals surface area contributed by atoms with Gasteiger partial charge in [0, 0.05) is 0 Å². The van der Waals surface area contributed by atoms with Gasteiger partial charge in [0.2, 0.25) is 0 Å². The molecule has 0 radical (unpaired) electrons. The highest BCUT2D eigenvalue weighted by atomic mass is 16.5. The molecule has 0 saturated carbocycles. The highest BCUT2D eigenvalue weighted by Crippen LogP contribution is 2.23. The molecule has 4 nitrogen and oxygen atoms in total. The normalized spacial score (nSPS) is 11.8. The number of nitrogens with two attached hydrogens (primary N) is 1. The quantitative estimate of drug-likeness (QED) is 0.509. The van der Waals surface area contributed by atoms with Gasteiger partial charge in [-0.1, -0.05) is 42.0 Å². The summed E-state index contributed by atoms with van der Waals surface area (Å²) < 4.78 is 5.48. The predicted molar refractivity (Wildman–Crippen MR) is 79.0 cm³/mol. The maximum absolute atomic E-state index is 11.3. The highest BCUT2D eigenvalue weighted by Gasteiger charge is 2.12. The first-order valence-electron chi connectivity index (χ1n) is 6.44. The maximum Gasteiger partial charge on any atom is 0.274 e. The van der Waals surface area contributed by atoms with Crippen molar-refractivity contribution in [2.24, 2.45) is 5.84 Å². The third-order valence-corrected chi connectivity index (χ3v) is 3.06. The predicted octanol–water partition coefficient (Wildman–Crippen LogP) is 2.42. The molecule has 0 aliphatic heterocycles. The van der Waals surface area contributed by atoms with Crippen molar-refractivity contribution >= 4 is 5.91 Å². The van der Waals surface area contributed by atoms with Crippen molar-refractivity contribution in [3.05, 3.63) is 54.1 Å². The van der Waals surface area contributed by atoms with Gasteiger partial charge in [-0.3, -0.25) is 10.2 Å². The number of amides is 1. The zero-order valence-corrected chi connectivity index (χ0v) is 11.6. The van der Waals surface area contributed by atoms with Crippen molar-refractivity contribution in [1.82, 2.24) is 5.43 Å². The van der Waals surface area contributed by atoms with E-state index in [0.717, 1.165) is 11.1 Å². The molecule has 0 fully saturated rings. The van der Waals surface area contributed by atoms with E-state index in [1.54, 1.807) is 6.92 Å². The zero-order chi connectivity index (χ0) is 14.5. The Kier molecular flexibility index (Phi) is 4.38. The lowest BCUT2D eigenvalue weighted by Crippen LogP contribution is -2.40. The van der Waals surface area contributed by atoms with Crippen LogP contribution in [0.2, 0.25) is 0 Å². The Balaban J connectivity index is 2.10. The summed E-state index contributed by atoms with van der Waals surface area (Å²) in [5, 5.41) is 0. The average molecular weight is 270 g/mol. The second kappa shape index (κ2) is 6.21. The van der Waals surface area contributed by atoms with Crippen LogP contribution in [0.3, 0.4) is 0 Å². The van der Waals surface area contributed by atoms with E-state index in [4.69, 9.17) is 10.6 Å². The van der Waals surface area contributed by atoms with E-state index in [0.29, 0.717) is 5.75 Å². The molecular weight excluding hydrogens is 252 g/mol. The third kappa shape index (κ3) is 3.36. The lowest BCUT2D eigenvalue weighted by molar-refractivity contribution is -0.127. The smallest absolute Gasteiger partial charge is 0.274 e. The van der Waals surface area contributed by atoms with Crippen molar-refractivity contribution in [3.8, 4) is 16.9 Å². The molecule has 0 heterocycles. The second-order valence-corrected chi connectivity index (χ2v) is 4.66. The molecule has 0 aliphatic carbocycles. The van der Waals surface area contributed by atoms with Gasteiger partial charge < -0.3 is 4.74 Å². The Morgan fingerprint density at radius 1 is 1.05 bits per heavy atom. The number of carbonyl (C=O) groups is 1. The summed E-state index contributed by atoms with van der Waals surface area (Å²) in [5.41, 5.74) is 5.55. The SMILES string of the molecule is Cc1ccc(-c2ccc(OC(C)C(=O)NN)cc2)cc1. The van der Waals surface area contributed by atoms with E-state index in [1.165, 1.54) is 5.56 Å². The first-order chi connectivity index (χ1) is 9.60. The Morgan fingerprint density at radius 3 is 2.05 bits per heavy atom. The molecule has 104 valence electrons. The molecule has 4 heteroatoms. The number of ether oxygens (including phenoxy) is 1. The van der Waals surface area contributed by atoms with Gasteiger partial charge in [-0.15, -0.1) is 0 Å². The van der Waals surface area contributed by atoms with Crippen molar-refractivity contribution in [3.63, 3.8) is 0 Å². The van der Waals surface area contributed by atoms with Crippen molar-refractivity contribution in [2.75, 3.05) is 0 Å². The topological polar surface area (TPSA) is 64.3 Å². The number of aryl methyl sites for hydroxylation is 1. The Labute approximate surface area is 118 Å². The maximum atomic E-state index is 11.3. The van der Waals surface area contributed by atoms with Gasteiger partial charge in [0.25, 0.3) is 5.91 Å². The Bertz CT molecular complexity index is 576. The van der Waals surface area contributed by atoms with Gasteiger partial charge in [0.05, 0.1) is 0 Å². The van der Waals surface area contributed by atoms with Crippen LogP contribution in [-0.4, -0.2) is 12.0 Å². The van der Waals surface area contributed by atoms with E-state index in [1.807, 2.05) is 24.3 Å². The minimum absolute atomic E-state index is 0.354. The number of hydrogen-bond donors (Lipinski definition) is 2. The summed E-state index contributed by atoms with van der Waals surface area (Å²) in [6.45, 7) is 3.71. The molecular formula is C16H18N2O2. The largest absolute Gasteiger partial charge is 0.481 e. The van der Waals surface area contributed by atoms with Crippen molar-refractivity contribution in [2.45, 2.75) is 20.0 Å². The van der Waals surface area contributed by atoms with E-state index in [2.05, 4.69) is 36.6 Å². The minimum atomic E-state index is -0.620. The van der Waals surface area contributed by atoms with Crippen LogP contribution in [0.1, 0.15) is 12.5 Å². The highest BCUT2D eigenvalue weighted by molar-refractivity contribution is 5.80. The van der Waals surface area contributed by atoms with Crippen LogP contribution in [0.15, 0.2) is 48.5 Å². The van der Waals surface area contributed by atoms with E-state index in [9.17, 15) is 4.79 Å². The lowest BCUT2D eigenvalue weighted by Gasteiger charge is -2.13. The van der Waals surface area contributed by atoms with Gasteiger partial charge in [0.1, 0.15) is 5.75 Å². The molecule has 2 aromatic carbocycles. The van der Waals surface area contributed by atoms with Crippen molar-refractivity contribution in [1.29, 1.82) is 0 Å². The summed E-state index contributed by atoms with van der Waals surface area (Å²) in [5.74, 6) is 5.34. The number of carbonyl (C=O) groups excluding carboxylic acids is 1. The first kappa shape index (κ1) is 14.1. The van der Waals surface area contributed by atoms with Crippen LogP contribution in [0.25, 0.3) is 11.1 Å². The lowest BCUT2D eigenvalue weighted by atomic mass is 10.0. The standard InChI is InChI=1S/C16H18N2O2/c1-11-3-5-13(6-4-11)14-7-9-15(10-8-14)20-12(2)16(19)18-17/h3-10,12H,17H2,1-2H3,(H,18,19).